The van der Waals surface area contributed by atoms with Crippen molar-refractivity contribution in [1.29, 1.82) is 0 Å². The molecule has 3 unspecified atom stereocenters. The van der Waals surface area contributed by atoms with Gasteiger partial charge in [0.1, 0.15) is 54.6 Å². The Morgan fingerprint density at radius 2 is 1.40 bits per heavy atom. The smallest absolute Gasteiger partial charge is 0.311 e. The average molecular weight is 1110 g/mol. The monoisotopic (exact) mass is 1110 g/mol. The largest absolute Gasteiger partial charge is 0.502 e. The first-order valence-corrected chi connectivity index (χ1v) is 26.5. The highest BCUT2D eigenvalue weighted by molar-refractivity contribution is 5.98. The molecule has 3 fully saturated rings. The molecule has 16 N–H and O–H groups in total. The van der Waals surface area contributed by atoms with Gasteiger partial charge in [0.15, 0.2) is 12.0 Å². The highest BCUT2D eigenvalue weighted by atomic mass is 16.6. The van der Waals surface area contributed by atoms with E-state index in [4.69, 9.17) is 5.73 Å². The first-order valence-electron chi connectivity index (χ1n) is 26.5. The number of amides is 8. The van der Waals surface area contributed by atoms with Crippen LogP contribution in [0.1, 0.15) is 129 Å². The molecule has 1 aromatic rings. The van der Waals surface area contributed by atoms with Gasteiger partial charge in [-0.1, -0.05) is 71.8 Å². The SMILES string of the molecule is CCC(C)CC(C)CCCCCCCCC(=O)NC1C[C@@H](O)[C@@H](O)NC(=O)[C@@H]2[C@@H](O)CCN2C(=O)[C@H]([C@@H](O)CC(N)=O)NC(=O)[C@H]([C@H](O)[C@@H](O)c2ccc(O)c([N+](=O)[O-])c2)NC(=O)[C@@H]2C[C@@H](O)CN2C(=O)[C@H]([C@H](C)O)NC1=O. The number of primary amides is 1. The van der Waals surface area contributed by atoms with Crippen LogP contribution in [0.5, 0.6) is 5.75 Å². The van der Waals surface area contributed by atoms with E-state index in [0.29, 0.717) is 40.5 Å². The van der Waals surface area contributed by atoms with Crippen molar-refractivity contribution in [2.75, 3.05) is 13.1 Å². The number of fused-ring (bicyclic) bond motifs is 2. The Hall–Kier alpha value is -6.14. The molecule has 1 aromatic carbocycles. The van der Waals surface area contributed by atoms with Crippen molar-refractivity contribution < 1.29 is 89.2 Å². The highest BCUT2D eigenvalue weighted by Crippen LogP contribution is 2.31. The molecule has 0 aromatic heterocycles. The Labute approximate surface area is 450 Å². The van der Waals surface area contributed by atoms with E-state index in [-0.39, 0.29) is 12.8 Å². The number of aromatic hydroxyl groups is 1. The van der Waals surface area contributed by atoms with E-state index in [1.165, 1.54) is 6.42 Å². The summed E-state index contributed by atoms with van der Waals surface area (Å²) >= 11 is 0. The van der Waals surface area contributed by atoms with Crippen LogP contribution < -0.4 is 32.3 Å². The van der Waals surface area contributed by atoms with Gasteiger partial charge in [0.25, 0.3) is 0 Å². The maximum Gasteiger partial charge on any atom is 0.311 e. The maximum atomic E-state index is 14.4. The first kappa shape index (κ1) is 64.4. The fraction of sp³-hybridized carbons (Fsp3) is 0.720. The van der Waals surface area contributed by atoms with Crippen LogP contribution in [0, 0.1) is 22.0 Å². The van der Waals surface area contributed by atoms with Crippen molar-refractivity contribution in [1.82, 2.24) is 36.4 Å². The predicted molar refractivity (Wildman–Crippen MR) is 272 cm³/mol. The fourth-order valence-corrected chi connectivity index (χ4v) is 9.99. The van der Waals surface area contributed by atoms with E-state index >= 15 is 0 Å². The summed E-state index contributed by atoms with van der Waals surface area (Å²) in [6.07, 6.45) is -11.5. The number of nitrogens with two attached hydrogens (primary N) is 1. The number of carbonyl (C=O) groups excluding carboxylic acids is 8. The van der Waals surface area contributed by atoms with E-state index < -0.39 is 187 Å². The van der Waals surface area contributed by atoms with Crippen molar-refractivity contribution in [2.45, 2.75) is 203 Å². The molecule has 3 heterocycles. The van der Waals surface area contributed by atoms with E-state index in [0.717, 1.165) is 57.6 Å². The van der Waals surface area contributed by atoms with Crippen molar-refractivity contribution >= 4 is 52.9 Å². The second-order valence-electron chi connectivity index (χ2n) is 21.0. The molecule has 28 nitrogen and oxygen atoms in total. The van der Waals surface area contributed by atoms with E-state index in [1.807, 2.05) is 10.6 Å². The zero-order valence-electron chi connectivity index (χ0n) is 44.3. The molecule has 0 bridgehead atoms. The highest BCUT2D eigenvalue weighted by Gasteiger charge is 2.49. The summed E-state index contributed by atoms with van der Waals surface area (Å²) < 4.78 is 0. The van der Waals surface area contributed by atoms with Crippen LogP contribution in [0.2, 0.25) is 0 Å². The van der Waals surface area contributed by atoms with Crippen LogP contribution in [-0.4, -0.2) is 200 Å². The fourth-order valence-electron chi connectivity index (χ4n) is 9.99. The van der Waals surface area contributed by atoms with Gasteiger partial charge in [-0.3, -0.25) is 48.5 Å². The van der Waals surface area contributed by atoms with Gasteiger partial charge in [-0.2, -0.15) is 0 Å². The number of carbonyl (C=O) groups is 8. The van der Waals surface area contributed by atoms with Crippen LogP contribution in [0.3, 0.4) is 0 Å². The Kier molecular flexibility index (Phi) is 24.5. The number of phenolic OH excluding ortho intramolecular Hbond substituents is 1. The standard InChI is InChI=1S/C50H79N9O19/c1-5-24(2)18-25(3)12-10-8-6-7-9-11-13-37(67)52-29-21-35(65)46(72)56-48(74)41-33(63)16-17-57(41)50(76)39(34(64)22-36(51)66)54-47(73)40(43(69)42(68)27-14-15-32(62)30(19-27)59(77)78)55-45(71)31-20-28(61)23-58(31)49(75)38(26(4)60)53-44(29)70/h14-15,19,24-26,28-29,31,33-35,38-43,46,60-65,68-69,72H,5-13,16-18,20-23H2,1-4H3,(H2,51,66)(H,52,67)(H,53,70)(H,54,73)(H,55,71)(H,56,74)/t24?,25?,26-,28+,29?,31-,33-,34-,35+,38-,39-,40-,41-,42-,43-,46+/m0/s1. The number of nitro groups is 1. The molecule has 16 atom stereocenters. The number of hydrogen-bond donors (Lipinski definition) is 15. The molecule has 3 aliphatic rings. The molecule has 78 heavy (non-hydrogen) atoms. The molecule has 28 heteroatoms. The minimum absolute atomic E-state index is 0.107. The Bertz CT molecular complexity index is 2280. The third-order valence-corrected chi connectivity index (χ3v) is 14.6. The maximum absolute atomic E-state index is 14.4. The number of nitrogens with zero attached hydrogens (tertiary/aromatic N) is 3. The van der Waals surface area contributed by atoms with Gasteiger partial charge in [-0.25, -0.2) is 0 Å². The molecular formula is C50H79N9O19. The number of nitro benzene ring substituents is 1. The van der Waals surface area contributed by atoms with E-state index in [1.54, 1.807) is 0 Å². The molecule has 8 amide bonds. The molecular weight excluding hydrogens is 1030 g/mol. The molecule has 0 radical (unpaired) electrons. The number of hydrogen-bond acceptors (Lipinski definition) is 19. The van der Waals surface area contributed by atoms with Gasteiger partial charge >= 0.3 is 5.69 Å². The summed E-state index contributed by atoms with van der Waals surface area (Å²) in [5, 5.41) is 122. The molecule has 3 aliphatic heterocycles. The molecule has 438 valence electrons. The van der Waals surface area contributed by atoms with Crippen LogP contribution in [0.4, 0.5) is 5.69 Å². The quantitative estimate of drug-likeness (QED) is 0.0324. The van der Waals surface area contributed by atoms with Crippen molar-refractivity contribution in [3.63, 3.8) is 0 Å². The number of unbranched alkanes of at least 4 members (excludes halogenated alkanes) is 5. The van der Waals surface area contributed by atoms with Crippen molar-refractivity contribution in [3.05, 3.63) is 33.9 Å². The lowest BCUT2D eigenvalue weighted by atomic mass is 9.91. The Morgan fingerprint density at radius 3 is 2.03 bits per heavy atom. The number of benzene rings is 1. The topological polar surface area (TPSA) is 454 Å². The number of aliphatic hydroxyl groups is 8. The van der Waals surface area contributed by atoms with Crippen LogP contribution in [0.25, 0.3) is 0 Å². The number of nitrogens with one attached hydrogen (secondary N) is 5. The van der Waals surface area contributed by atoms with Gasteiger partial charge in [-0.05, 0) is 49.7 Å². The first-order chi connectivity index (χ1) is 36.7. The normalized spacial score (nSPS) is 28.3. The number of aliphatic hydroxyl groups excluding tert-OH is 8. The zero-order chi connectivity index (χ0) is 58.3. The Balaban J connectivity index is 1.72. The van der Waals surface area contributed by atoms with E-state index in [2.05, 4.69) is 36.7 Å². The van der Waals surface area contributed by atoms with E-state index in [9.17, 15) is 94.4 Å². The molecule has 3 saturated heterocycles. The van der Waals surface area contributed by atoms with Gasteiger partial charge in [0, 0.05) is 38.4 Å². The minimum atomic E-state index is -2.60. The van der Waals surface area contributed by atoms with Crippen LogP contribution >= 0.6 is 0 Å². The molecule has 0 aliphatic carbocycles. The van der Waals surface area contributed by atoms with Gasteiger partial charge in [-0.15, -0.1) is 0 Å². The summed E-state index contributed by atoms with van der Waals surface area (Å²) in [6.45, 7) is 6.57. The summed E-state index contributed by atoms with van der Waals surface area (Å²) in [4.78, 5) is 123. The number of phenols is 1. The third-order valence-electron chi connectivity index (χ3n) is 14.6. The van der Waals surface area contributed by atoms with Crippen molar-refractivity contribution in [2.24, 2.45) is 17.6 Å². The van der Waals surface area contributed by atoms with Crippen molar-refractivity contribution in [3.8, 4) is 5.75 Å². The molecule has 0 saturated carbocycles. The Morgan fingerprint density at radius 1 is 0.782 bits per heavy atom. The second kappa shape index (κ2) is 29.7. The van der Waals surface area contributed by atoms with Gasteiger partial charge in [0.2, 0.25) is 47.3 Å². The lowest BCUT2D eigenvalue weighted by Gasteiger charge is -2.34. The summed E-state index contributed by atoms with van der Waals surface area (Å²) in [6, 6.07) is -10.2. The minimum Gasteiger partial charge on any atom is -0.502 e. The third kappa shape index (κ3) is 17.7. The summed E-state index contributed by atoms with van der Waals surface area (Å²) in [7, 11) is 0. The van der Waals surface area contributed by atoms with Gasteiger partial charge < -0.3 is 88.1 Å². The average Bonchev–Trinajstić information content (AvgIpc) is 3.97. The van der Waals surface area contributed by atoms with Crippen LogP contribution in [0.15, 0.2) is 18.2 Å². The van der Waals surface area contributed by atoms with Gasteiger partial charge in [0.05, 0.1) is 35.8 Å². The lowest BCUT2D eigenvalue weighted by Crippen LogP contribution is -2.64. The zero-order valence-corrected chi connectivity index (χ0v) is 44.3. The predicted octanol–water partition coefficient (Wildman–Crippen LogP) is -3.43. The van der Waals surface area contributed by atoms with Crippen LogP contribution in [-0.2, 0) is 38.4 Å². The molecule has 4 rings (SSSR count). The lowest BCUT2D eigenvalue weighted by molar-refractivity contribution is -0.386. The molecule has 0 spiro atoms. The summed E-state index contributed by atoms with van der Waals surface area (Å²) in [5.41, 5.74) is 3.81. The second-order valence-corrected chi connectivity index (χ2v) is 21.0. The number of rotatable bonds is 21. The summed E-state index contributed by atoms with van der Waals surface area (Å²) in [5.74, 6) is -9.78.